The van der Waals surface area contributed by atoms with E-state index in [-0.39, 0.29) is 6.61 Å². The summed E-state index contributed by atoms with van der Waals surface area (Å²) in [5.74, 6) is 2.91. The van der Waals surface area contributed by atoms with Gasteiger partial charge in [0.25, 0.3) is 0 Å². The molecule has 0 amide bonds. The number of aliphatic imine (C=N–C) groups is 1. The zero-order chi connectivity index (χ0) is 20.1. The van der Waals surface area contributed by atoms with Gasteiger partial charge in [-0.05, 0) is 57.1 Å². The molecule has 0 fully saturated rings. The molecule has 0 aliphatic carbocycles. The standard InChI is InChI=1S/C21H39N5O/c1-6-22-21(24-14-18(11-12-27)13-17(4)5)25-16-19-9-10-20(23-15-19)26(7-2)8-3/h9-10,15,17-18,27H,6-8,11-14,16H2,1-5H3,(H2,22,24,25). The van der Waals surface area contributed by atoms with Gasteiger partial charge in [0, 0.05) is 39.0 Å². The van der Waals surface area contributed by atoms with E-state index < -0.39 is 0 Å². The third-order valence-electron chi connectivity index (χ3n) is 4.56. The zero-order valence-electron chi connectivity index (χ0n) is 17.8. The van der Waals surface area contributed by atoms with Gasteiger partial charge in [0.2, 0.25) is 0 Å². The summed E-state index contributed by atoms with van der Waals surface area (Å²) < 4.78 is 0. The lowest BCUT2D eigenvalue weighted by atomic mass is 9.94. The number of aliphatic hydroxyl groups is 1. The molecule has 27 heavy (non-hydrogen) atoms. The second-order valence-corrected chi connectivity index (χ2v) is 7.28. The third kappa shape index (κ3) is 9.09. The molecular weight excluding hydrogens is 338 g/mol. The highest BCUT2D eigenvalue weighted by atomic mass is 16.3. The first-order chi connectivity index (χ1) is 13.0. The second-order valence-electron chi connectivity index (χ2n) is 7.28. The van der Waals surface area contributed by atoms with E-state index >= 15 is 0 Å². The summed E-state index contributed by atoms with van der Waals surface area (Å²) in [6, 6.07) is 4.17. The van der Waals surface area contributed by atoms with Crippen LogP contribution in [0.3, 0.4) is 0 Å². The van der Waals surface area contributed by atoms with E-state index in [9.17, 15) is 5.11 Å². The summed E-state index contributed by atoms with van der Waals surface area (Å²) >= 11 is 0. The lowest BCUT2D eigenvalue weighted by Gasteiger charge is -2.20. The molecule has 6 nitrogen and oxygen atoms in total. The second kappa shape index (κ2) is 13.4. The summed E-state index contributed by atoms with van der Waals surface area (Å²) in [5, 5.41) is 16.0. The summed E-state index contributed by atoms with van der Waals surface area (Å²) in [6.45, 7) is 15.2. The van der Waals surface area contributed by atoms with Crippen molar-refractivity contribution < 1.29 is 5.11 Å². The fourth-order valence-corrected chi connectivity index (χ4v) is 3.15. The quantitative estimate of drug-likeness (QED) is 0.386. The molecule has 0 aromatic carbocycles. The first-order valence-corrected chi connectivity index (χ1v) is 10.4. The van der Waals surface area contributed by atoms with Crippen molar-refractivity contribution in [3.63, 3.8) is 0 Å². The first kappa shape index (κ1) is 23.2. The van der Waals surface area contributed by atoms with Gasteiger partial charge >= 0.3 is 0 Å². The van der Waals surface area contributed by atoms with Crippen molar-refractivity contribution in [2.45, 2.75) is 54.0 Å². The molecule has 0 aliphatic heterocycles. The summed E-state index contributed by atoms with van der Waals surface area (Å²) in [4.78, 5) is 11.5. The van der Waals surface area contributed by atoms with Crippen LogP contribution in [0.15, 0.2) is 23.3 Å². The van der Waals surface area contributed by atoms with Crippen LogP contribution in [0.25, 0.3) is 0 Å². The fourth-order valence-electron chi connectivity index (χ4n) is 3.15. The molecule has 6 heteroatoms. The minimum Gasteiger partial charge on any atom is -0.396 e. The smallest absolute Gasteiger partial charge is 0.191 e. The minimum absolute atomic E-state index is 0.233. The zero-order valence-corrected chi connectivity index (χ0v) is 17.8. The van der Waals surface area contributed by atoms with Gasteiger partial charge in [-0.3, -0.25) is 0 Å². The Hall–Kier alpha value is -1.82. The Bertz CT molecular complexity index is 526. The molecule has 1 rings (SSSR count). The normalized spacial score (nSPS) is 12.9. The SMILES string of the molecule is CCNC(=NCc1ccc(N(CC)CC)nc1)NCC(CCO)CC(C)C. The van der Waals surface area contributed by atoms with Gasteiger partial charge < -0.3 is 20.6 Å². The highest BCUT2D eigenvalue weighted by Gasteiger charge is 2.11. The third-order valence-corrected chi connectivity index (χ3v) is 4.56. The van der Waals surface area contributed by atoms with E-state index in [1.54, 1.807) is 0 Å². The van der Waals surface area contributed by atoms with Crippen LogP contribution in [0.2, 0.25) is 0 Å². The maximum Gasteiger partial charge on any atom is 0.191 e. The number of rotatable bonds is 12. The molecule has 0 aliphatic rings. The van der Waals surface area contributed by atoms with Crippen molar-refractivity contribution in [2.24, 2.45) is 16.8 Å². The number of anilines is 1. The first-order valence-electron chi connectivity index (χ1n) is 10.4. The van der Waals surface area contributed by atoms with Gasteiger partial charge in [-0.15, -0.1) is 0 Å². The van der Waals surface area contributed by atoms with Crippen molar-refractivity contribution in [3.8, 4) is 0 Å². The van der Waals surface area contributed by atoms with Crippen molar-refractivity contribution in [1.29, 1.82) is 0 Å². The molecule has 1 aromatic rings. The summed E-state index contributed by atoms with van der Waals surface area (Å²) in [7, 11) is 0. The fraction of sp³-hybridized carbons (Fsp3) is 0.714. The topological polar surface area (TPSA) is 72.8 Å². The number of pyridine rings is 1. The monoisotopic (exact) mass is 377 g/mol. The van der Waals surface area contributed by atoms with Crippen LogP contribution >= 0.6 is 0 Å². The van der Waals surface area contributed by atoms with E-state index in [4.69, 9.17) is 0 Å². The number of nitrogens with zero attached hydrogens (tertiary/aromatic N) is 3. The van der Waals surface area contributed by atoms with E-state index in [0.717, 1.165) is 56.4 Å². The van der Waals surface area contributed by atoms with Crippen LogP contribution in [0.4, 0.5) is 5.82 Å². The maximum atomic E-state index is 9.28. The molecule has 0 radical (unpaired) electrons. The minimum atomic E-state index is 0.233. The van der Waals surface area contributed by atoms with Crippen LogP contribution in [0.5, 0.6) is 0 Å². The average Bonchev–Trinajstić information content (AvgIpc) is 2.65. The number of hydrogen-bond acceptors (Lipinski definition) is 4. The molecule has 1 aromatic heterocycles. The maximum absolute atomic E-state index is 9.28. The van der Waals surface area contributed by atoms with E-state index in [1.807, 2.05) is 6.20 Å². The Labute approximate surface area is 165 Å². The van der Waals surface area contributed by atoms with Gasteiger partial charge in [0.1, 0.15) is 5.82 Å². The van der Waals surface area contributed by atoms with E-state index in [2.05, 4.69) is 72.3 Å². The Morgan fingerprint density at radius 2 is 1.93 bits per heavy atom. The molecule has 1 heterocycles. The van der Waals surface area contributed by atoms with Crippen LogP contribution in [-0.2, 0) is 6.54 Å². The van der Waals surface area contributed by atoms with Gasteiger partial charge in [0.05, 0.1) is 6.54 Å². The van der Waals surface area contributed by atoms with E-state index in [0.29, 0.717) is 18.4 Å². The molecule has 154 valence electrons. The molecule has 3 N–H and O–H groups in total. The average molecular weight is 378 g/mol. The van der Waals surface area contributed by atoms with Gasteiger partial charge in [-0.2, -0.15) is 0 Å². The Morgan fingerprint density at radius 3 is 2.44 bits per heavy atom. The largest absolute Gasteiger partial charge is 0.396 e. The molecule has 0 saturated heterocycles. The lowest BCUT2D eigenvalue weighted by molar-refractivity contribution is 0.243. The van der Waals surface area contributed by atoms with Crippen molar-refractivity contribution in [2.75, 3.05) is 37.7 Å². The molecule has 1 unspecified atom stereocenters. The predicted octanol–water partition coefficient (Wildman–Crippen LogP) is 3.03. The van der Waals surface area contributed by atoms with Crippen LogP contribution in [0.1, 0.15) is 53.0 Å². The molecule has 0 spiro atoms. The number of nitrogens with one attached hydrogen (secondary N) is 2. The van der Waals surface area contributed by atoms with Crippen molar-refractivity contribution >= 4 is 11.8 Å². The Balaban J connectivity index is 2.66. The number of guanidine groups is 1. The number of hydrogen-bond donors (Lipinski definition) is 3. The lowest BCUT2D eigenvalue weighted by Crippen LogP contribution is -2.40. The van der Waals surface area contributed by atoms with Crippen LogP contribution in [0, 0.1) is 11.8 Å². The Morgan fingerprint density at radius 1 is 1.19 bits per heavy atom. The summed E-state index contributed by atoms with van der Waals surface area (Å²) in [6.07, 6.45) is 3.83. The van der Waals surface area contributed by atoms with Gasteiger partial charge in [0.15, 0.2) is 5.96 Å². The van der Waals surface area contributed by atoms with E-state index in [1.165, 1.54) is 0 Å². The van der Waals surface area contributed by atoms with Crippen LogP contribution in [-0.4, -0.2) is 48.8 Å². The number of aliphatic hydroxyl groups excluding tert-OH is 1. The highest BCUT2D eigenvalue weighted by molar-refractivity contribution is 5.79. The number of aromatic nitrogens is 1. The highest BCUT2D eigenvalue weighted by Crippen LogP contribution is 2.14. The van der Waals surface area contributed by atoms with Gasteiger partial charge in [-0.25, -0.2) is 9.98 Å². The van der Waals surface area contributed by atoms with Gasteiger partial charge in [-0.1, -0.05) is 19.9 Å². The molecular formula is C21H39N5O. The van der Waals surface area contributed by atoms with Crippen molar-refractivity contribution in [3.05, 3.63) is 23.9 Å². The Kier molecular flexibility index (Phi) is 11.5. The molecule has 1 atom stereocenters. The molecule has 0 saturated carbocycles. The summed E-state index contributed by atoms with van der Waals surface area (Å²) in [5.41, 5.74) is 1.09. The van der Waals surface area contributed by atoms with Crippen molar-refractivity contribution in [1.82, 2.24) is 15.6 Å². The molecule has 0 bridgehead atoms. The van der Waals surface area contributed by atoms with Crippen LogP contribution < -0.4 is 15.5 Å². The predicted molar refractivity (Wildman–Crippen MR) is 115 cm³/mol.